The Kier molecular flexibility index (Phi) is 6.24. The summed E-state index contributed by atoms with van der Waals surface area (Å²) in [5.74, 6) is 2.40. The molecule has 0 amide bonds. The Bertz CT molecular complexity index is 1510. The molecular weight excluding hydrogens is 493 g/mol. The summed E-state index contributed by atoms with van der Waals surface area (Å²) in [7, 11) is 0. The minimum Gasteiger partial charge on any atom is -0.320 e. The maximum atomic E-state index is 15.0. The third-order valence-electron chi connectivity index (χ3n) is 5.36. The fourth-order valence-electron chi connectivity index (χ4n) is 3.42. The van der Waals surface area contributed by atoms with Crippen LogP contribution >= 0.6 is 0 Å². The number of benzene rings is 1. The van der Waals surface area contributed by atoms with Crippen molar-refractivity contribution in [3.63, 3.8) is 0 Å². The quantitative estimate of drug-likeness (QED) is 0.264. The average molecular weight is 510 g/mol. The Balaban J connectivity index is 1.95. The number of aryl methyl sites for hydroxylation is 1. The van der Waals surface area contributed by atoms with Crippen molar-refractivity contribution >= 4 is 28.2 Å². The number of nitrogens with zero attached hydrogens (tertiary/aromatic N) is 6. The third-order valence-corrected chi connectivity index (χ3v) is 5.36. The molecule has 0 radical (unpaired) electrons. The Labute approximate surface area is 199 Å². The summed E-state index contributed by atoms with van der Waals surface area (Å²) in [6, 6.07) is 2.86. The molecule has 13 heteroatoms. The van der Waals surface area contributed by atoms with Crippen LogP contribution in [-0.4, -0.2) is 43.7 Å². The van der Waals surface area contributed by atoms with Crippen LogP contribution in [0.4, 0.5) is 42.2 Å². The van der Waals surface area contributed by atoms with Crippen LogP contribution in [0.15, 0.2) is 30.6 Å². The van der Waals surface area contributed by atoms with Crippen LogP contribution in [0.5, 0.6) is 0 Å². The molecule has 6 nitrogen and oxygen atoms in total. The van der Waals surface area contributed by atoms with Crippen LogP contribution in [0, 0.1) is 35.8 Å². The number of fused-ring (bicyclic) bond motifs is 3. The van der Waals surface area contributed by atoms with E-state index in [0.717, 1.165) is 43.1 Å². The first kappa shape index (κ1) is 25.2. The van der Waals surface area contributed by atoms with E-state index in [-0.39, 0.29) is 33.7 Å². The monoisotopic (exact) mass is 510 g/mol. The number of rotatable bonds is 4. The number of pyridine rings is 1. The molecule has 3 aromatic heterocycles. The van der Waals surface area contributed by atoms with Crippen LogP contribution in [-0.2, 0) is 0 Å². The summed E-state index contributed by atoms with van der Waals surface area (Å²) >= 11 is 0. The van der Waals surface area contributed by atoms with Crippen LogP contribution < -0.4 is 4.90 Å². The first-order chi connectivity index (χ1) is 16.8. The van der Waals surface area contributed by atoms with E-state index in [4.69, 9.17) is 0 Å². The number of halogens is 7. The van der Waals surface area contributed by atoms with Gasteiger partial charge in [0.1, 0.15) is 22.9 Å². The number of hydrogen-bond donors (Lipinski definition) is 0. The second-order valence-corrected chi connectivity index (χ2v) is 8.41. The van der Waals surface area contributed by atoms with Crippen molar-refractivity contribution in [2.45, 2.75) is 33.4 Å². The molecule has 0 saturated carbocycles. The molecule has 4 rings (SSSR count). The van der Waals surface area contributed by atoms with Gasteiger partial charge in [0.2, 0.25) is 0 Å². The first-order valence-corrected chi connectivity index (χ1v) is 10.4. The van der Waals surface area contributed by atoms with Gasteiger partial charge in [-0.15, -0.1) is 10.2 Å². The van der Waals surface area contributed by atoms with E-state index in [1.165, 1.54) is 10.6 Å². The number of anilines is 2. The normalized spacial score (nSPS) is 12.3. The number of alkyl halides is 5. The van der Waals surface area contributed by atoms with E-state index < -0.39 is 36.2 Å². The maximum Gasteiger partial charge on any atom is 0.404 e. The van der Waals surface area contributed by atoms with Crippen molar-refractivity contribution in [2.24, 2.45) is 5.41 Å². The van der Waals surface area contributed by atoms with Crippen LogP contribution in [0.3, 0.4) is 0 Å². The molecule has 36 heavy (non-hydrogen) atoms. The predicted octanol–water partition coefficient (Wildman–Crippen LogP) is 5.60. The van der Waals surface area contributed by atoms with E-state index >= 15 is 0 Å². The molecule has 3 heterocycles. The minimum absolute atomic E-state index is 0.0509. The van der Waals surface area contributed by atoms with Crippen molar-refractivity contribution in [3.8, 4) is 11.8 Å². The molecule has 0 bridgehead atoms. The molecule has 0 N–H and O–H groups in total. The topological polar surface area (TPSA) is 59.2 Å². The van der Waals surface area contributed by atoms with Crippen molar-refractivity contribution in [2.75, 3.05) is 11.4 Å². The Morgan fingerprint density at radius 2 is 1.78 bits per heavy atom. The fourth-order valence-corrected chi connectivity index (χ4v) is 3.42. The van der Waals surface area contributed by atoms with Gasteiger partial charge < -0.3 is 4.90 Å². The summed E-state index contributed by atoms with van der Waals surface area (Å²) < 4.78 is 97.7. The van der Waals surface area contributed by atoms with E-state index in [1.807, 2.05) is 5.92 Å². The van der Waals surface area contributed by atoms with E-state index in [2.05, 4.69) is 26.1 Å². The molecule has 0 aliphatic rings. The Hall–Kier alpha value is -3.95. The minimum atomic E-state index is -4.65. The van der Waals surface area contributed by atoms with E-state index in [9.17, 15) is 30.7 Å². The van der Waals surface area contributed by atoms with Crippen LogP contribution in [0.1, 0.15) is 25.2 Å². The highest BCUT2D eigenvalue weighted by molar-refractivity contribution is 5.93. The van der Waals surface area contributed by atoms with E-state index in [0.29, 0.717) is 5.82 Å². The maximum absolute atomic E-state index is 15.0. The van der Waals surface area contributed by atoms with Gasteiger partial charge in [-0.2, -0.15) is 18.2 Å². The predicted molar refractivity (Wildman–Crippen MR) is 117 cm³/mol. The summed E-state index contributed by atoms with van der Waals surface area (Å²) in [4.78, 5) is 8.85. The lowest BCUT2D eigenvalue weighted by Gasteiger charge is -2.25. The summed E-state index contributed by atoms with van der Waals surface area (Å²) in [5, 5.41) is 7.52. The molecule has 1 aromatic carbocycles. The lowest BCUT2D eigenvalue weighted by Crippen LogP contribution is -2.30. The second kappa shape index (κ2) is 8.92. The number of aromatic nitrogens is 5. The Morgan fingerprint density at radius 1 is 1.06 bits per heavy atom. The van der Waals surface area contributed by atoms with Gasteiger partial charge in [0.05, 0.1) is 29.8 Å². The second-order valence-electron chi connectivity index (χ2n) is 8.41. The molecule has 0 saturated heterocycles. The van der Waals surface area contributed by atoms with Gasteiger partial charge in [0.25, 0.3) is 12.2 Å². The van der Waals surface area contributed by atoms with Gasteiger partial charge in [-0.3, -0.25) is 9.38 Å². The Morgan fingerprint density at radius 3 is 2.44 bits per heavy atom. The summed E-state index contributed by atoms with van der Waals surface area (Å²) in [6.07, 6.45) is -5.50. The highest BCUT2D eigenvalue weighted by Gasteiger charge is 2.46. The summed E-state index contributed by atoms with van der Waals surface area (Å²) in [6.45, 7) is 2.23. The highest BCUT2D eigenvalue weighted by Crippen LogP contribution is 2.37. The first-order valence-electron chi connectivity index (χ1n) is 10.4. The molecule has 0 aliphatic heterocycles. The van der Waals surface area contributed by atoms with Gasteiger partial charge in [-0.1, -0.05) is 11.8 Å². The molecule has 0 spiro atoms. The molecular formula is C23H17F7N6. The van der Waals surface area contributed by atoms with Crippen molar-refractivity contribution in [1.82, 2.24) is 24.6 Å². The van der Waals surface area contributed by atoms with Gasteiger partial charge in [0, 0.05) is 11.3 Å². The van der Waals surface area contributed by atoms with Crippen LogP contribution in [0.2, 0.25) is 0 Å². The summed E-state index contributed by atoms with van der Waals surface area (Å²) in [5.41, 5.74) is -2.71. The largest absolute Gasteiger partial charge is 0.404 e. The van der Waals surface area contributed by atoms with Crippen molar-refractivity contribution in [1.29, 1.82) is 0 Å². The lowest BCUT2D eigenvalue weighted by atomic mass is 9.93. The van der Waals surface area contributed by atoms with Crippen LogP contribution in [0.25, 0.3) is 16.7 Å². The van der Waals surface area contributed by atoms with E-state index in [1.54, 1.807) is 6.92 Å². The molecule has 0 aliphatic carbocycles. The van der Waals surface area contributed by atoms with Gasteiger partial charge in [-0.05, 0) is 39.0 Å². The number of hydrogen-bond acceptors (Lipinski definition) is 5. The van der Waals surface area contributed by atoms with Gasteiger partial charge in [-0.25, -0.2) is 17.6 Å². The molecule has 4 aromatic rings. The third kappa shape index (κ3) is 4.62. The zero-order valence-corrected chi connectivity index (χ0v) is 19.0. The van der Waals surface area contributed by atoms with Gasteiger partial charge >= 0.3 is 6.18 Å². The molecule has 0 unspecified atom stereocenters. The average Bonchev–Trinajstić information content (AvgIpc) is 3.15. The highest BCUT2D eigenvalue weighted by atomic mass is 19.4. The zero-order chi connectivity index (χ0) is 26.4. The zero-order valence-electron chi connectivity index (χ0n) is 19.0. The van der Waals surface area contributed by atoms with Gasteiger partial charge in [0.15, 0.2) is 5.82 Å². The molecule has 0 fully saturated rings. The SMILES string of the molecule is Cc1nnc2nc(N(CC(F)F)c3cc(F)cc(C#CC(C)(C)C(F)(F)F)c3)c3c(F)cncc3n12. The lowest BCUT2D eigenvalue weighted by molar-refractivity contribution is -0.190. The molecule has 188 valence electrons. The van der Waals surface area contributed by atoms with Crippen molar-refractivity contribution in [3.05, 3.63) is 53.6 Å². The molecule has 0 atom stereocenters. The standard InChI is InChI=1S/C23H17F7N6/c1-12-33-34-21-32-20(19-16(25)9-31-10-17(19)36(12)21)35(11-18(26)27)15-7-13(6-14(24)8-15)4-5-22(2,3)23(28,29)30/h6-10,18H,11H2,1-3H3. The van der Waals surface area contributed by atoms with Crippen molar-refractivity contribution < 1.29 is 30.7 Å². The fraction of sp³-hybridized carbons (Fsp3) is 0.304. The smallest absolute Gasteiger partial charge is 0.320 e.